The largest absolute Gasteiger partial charge is 0.444 e. The first-order valence-electron chi connectivity index (χ1n) is 10.7. The Morgan fingerprint density at radius 3 is 1.84 bits per heavy atom. The molecule has 10 nitrogen and oxygen atoms in total. The molecule has 2 aromatic heterocycles. The molecule has 10 heteroatoms. The number of carbonyl (C=O) groups is 1. The highest BCUT2D eigenvalue weighted by Crippen LogP contribution is 2.15. The van der Waals surface area contributed by atoms with Crippen LogP contribution in [-0.2, 0) is 4.74 Å². The van der Waals surface area contributed by atoms with Crippen LogP contribution >= 0.6 is 0 Å². The van der Waals surface area contributed by atoms with Gasteiger partial charge in [-0.3, -0.25) is 0 Å². The fraction of sp³-hybridized carbons (Fsp3) is 0.571. The number of piperazine rings is 2. The van der Waals surface area contributed by atoms with E-state index in [1.165, 1.54) is 0 Å². The van der Waals surface area contributed by atoms with Crippen LogP contribution in [0.25, 0.3) is 0 Å². The second kappa shape index (κ2) is 10.9. The minimum atomic E-state index is -0.445. The summed E-state index contributed by atoms with van der Waals surface area (Å²) in [6, 6.07) is 7.71. The summed E-state index contributed by atoms with van der Waals surface area (Å²) in [5.41, 5.74) is -0.445. The molecule has 0 aliphatic carbocycles. The molecule has 2 aliphatic heterocycles. The molecule has 2 saturated heterocycles. The fourth-order valence-corrected chi connectivity index (χ4v) is 3.26. The lowest BCUT2D eigenvalue weighted by molar-refractivity contribution is 0.0240. The molecular formula is C21H32N8O2. The summed E-state index contributed by atoms with van der Waals surface area (Å²) in [4.78, 5) is 18.0. The van der Waals surface area contributed by atoms with Crippen LogP contribution in [0.15, 0.2) is 36.7 Å². The zero-order chi connectivity index (χ0) is 22.1. The summed E-state index contributed by atoms with van der Waals surface area (Å²) in [7, 11) is 0. The van der Waals surface area contributed by atoms with Gasteiger partial charge in [0.05, 0.1) is 0 Å². The van der Waals surface area contributed by atoms with Gasteiger partial charge in [0.15, 0.2) is 11.6 Å². The molecular weight excluding hydrogens is 396 g/mol. The number of anilines is 2. The molecule has 0 saturated carbocycles. The van der Waals surface area contributed by atoms with Crippen molar-refractivity contribution < 1.29 is 9.53 Å². The Labute approximate surface area is 183 Å². The van der Waals surface area contributed by atoms with Gasteiger partial charge >= 0.3 is 6.09 Å². The van der Waals surface area contributed by atoms with E-state index >= 15 is 0 Å². The second-order valence-corrected chi connectivity index (χ2v) is 8.36. The minimum absolute atomic E-state index is 0.244. The highest BCUT2D eigenvalue weighted by molar-refractivity contribution is 5.68. The average molecular weight is 429 g/mol. The maximum atomic E-state index is 11.9. The molecule has 2 aliphatic rings. The van der Waals surface area contributed by atoms with Gasteiger partial charge in [0, 0.05) is 64.8 Å². The Balaban J connectivity index is 0.000000194. The Bertz CT molecular complexity index is 786. The summed E-state index contributed by atoms with van der Waals surface area (Å²) in [6.45, 7) is 12.5. The maximum absolute atomic E-state index is 11.9. The van der Waals surface area contributed by atoms with Gasteiger partial charge in [-0.15, -0.1) is 10.2 Å². The standard InChI is InChI=1S/C13H20N4O2.C8H12N4/c1-13(2,3)19-12(18)17-9-7-16(8-10-17)11-5-4-6-14-15-11;1-2-8(11-10-3-1)12-6-4-9-5-7-12/h4-6H,7-10H2,1-3H3;1-3,9H,4-7H2. The van der Waals surface area contributed by atoms with E-state index in [0.29, 0.717) is 13.1 Å². The Morgan fingerprint density at radius 1 is 0.871 bits per heavy atom. The molecule has 0 bridgehead atoms. The Kier molecular flexibility index (Phi) is 7.94. The third kappa shape index (κ3) is 7.32. The van der Waals surface area contributed by atoms with E-state index in [9.17, 15) is 4.79 Å². The van der Waals surface area contributed by atoms with Crippen LogP contribution in [0.1, 0.15) is 20.8 Å². The molecule has 168 valence electrons. The second-order valence-electron chi connectivity index (χ2n) is 8.36. The van der Waals surface area contributed by atoms with Crippen molar-refractivity contribution in [3.05, 3.63) is 36.7 Å². The molecule has 2 fully saturated rings. The van der Waals surface area contributed by atoms with E-state index in [1.807, 2.05) is 45.0 Å². The number of amides is 1. The van der Waals surface area contributed by atoms with Crippen LogP contribution in [0, 0.1) is 0 Å². The number of hydrogen-bond donors (Lipinski definition) is 1. The number of carbonyl (C=O) groups excluding carboxylic acids is 1. The van der Waals surface area contributed by atoms with E-state index in [-0.39, 0.29) is 6.09 Å². The lowest BCUT2D eigenvalue weighted by atomic mass is 10.2. The molecule has 0 spiro atoms. The molecule has 2 aromatic rings. The van der Waals surface area contributed by atoms with Crippen LogP contribution in [0.4, 0.5) is 16.4 Å². The Morgan fingerprint density at radius 2 is 1.39 bits per heavy atom. The molecule has 4 rings (SSSR count). The lowest BCUT2D eigenvalue weighted by Crippen LogP contribution is -2.50. The summed E-state index contributed by atoms with van der Waals surface area (Å²) in [5.74, 6) is 1.84. The number of rotatable bonds is 2. The predicted octanol–water partition coefficient (Wildman–Crippen LogP) is 1.42. The SMILES string of the molecule is CC(C)(C)OC(=O)N1CCN(c2cccnn2)CC1.c1cnnc(N2CCNCC2)c1. The van der Waals surface area contributed by atoms with E-state index in [0.717, 1.165) is 50.9 Å². The molecule has 0 unspecified atom stereocenters. The van der Waals surface area contributed by atoms with Crippen molar-refractivity contribution in [1.82, 2.24) is 30.6 Å². The van der Waals surface area contributed by atoms with Crippen molar-refractivity contribution >= 4 is 17.7 Å². The predicted molar refractivity (Wildman–Crippen MR) is 119 cm³/mol. The number of hydrogen-bond acceptors (Lipinski definition) is 9. The minimum Gasteiger partial charge on any atom is -0.444 e. The van der Waals surface area contributed by atoms with E-state index in [4.69, 9.17) is 4.74 Å². The number of ether oxygens (including phenoxy) is 1. The Hall–Kier alpha value is -3.01. The maximum Gasteiger partial charge on any atom is 0.410 e. The monoisotopic (exact) mass is 428 g/mol. The highest BCUT2D eigenvalue weighted by Gasteiger charge is 2.26. The zero-order valence-corrected chi connectivity index (χ0v) is 18.6. The summed E-state index contributed by atoms with van der Waals surface area (Å²) in [6.07, 6.45) is 3.11. The van der Waals surface area contributed by atoms with Crippen molar-refractivity contribution in [2.24, 2.45) is 0 Å². The van der Waals surface area contributed by atoms with Gasteiger partial charge in [0.25, 0.3) is 0 Å². The lowest BCUT2D eigenvalue weighted by Gasteiger charge is -2.35. The zero-order valence-electron chi connectivity index (χ0n) is 18.6. The van der Waals surface area contributed by atoms with E-state index < -0.39 is 5.60 Å². The van der Waals surface area contributed by atoms with Crippen LogP contribution < -0.4 is 15.1 Å². The topological polar surface area (TPSA) is 99.6 Å². The normalized spacial score (nSPS) is 16.9. The van der Waals surface area contributed by atoms with Crippen LogP contribution in [0.2, 0.25) is 0 Å². The first kappa shape index (κ1) is 22.7. The summed E-state index contributed by atoms with van der Waals surface area (Å²) in [5, 5.41) is 19.1. The van der Waals surface area contributed by atoms with Gasteiger partial charge in [-0.25, -0.2) is 4.79 Å². The van der Waals surface area contributed by atoms with E-state index in [1.54, 1.807) is 17.3 Å². The number of nitrogens with one attached hydrogen (secondary N) is 1. The third-order valence-corrected chi connectivity index (χ3v) is 4.81. The van der Waals surface area contributed by atoms with Crippen molar-refractivity contribution in [2.75, 3.05) is 62.2 Å². The highest BCUT2D eigenvalue weighted by atomic mass is 16.6. The molecule has 0 aromatic carbocycles. The first-order valence-corrected chi connectivity index (χ1v) is 10.7. The van der Waals surface area contributed by atoms with Gasteiger partial charge < -0.3 is 24.8 Å². The number of aromatic nitrogens is 4. The van der Waals surface area contributed by atoms with Gasteiger partial charge in [-0.1, -0.05) is 0 Å². The molecule has 0 atom stereocenters. The first-order chi connectivity index (χ1) is 14.9. The summed E-state index contributed by atoms with van der Waals surface area (Å²) < 4.78 is 5.36. The average Bonchev–Trinajstić information content (AvgIpc) is 2.80. The smallest absolute Gasteiger partial charge is 0.410 e. The van der Waals surface area contributed by atoms with Crippen LogP contribution in [0.3, 0.4) is 0 Å². The molecule has 31 heavy (non-hydrogen) atoms. The molecule has 4 heterocycles. The molecule has 0 radical (unpaired) electrons. The van der Waals surface area contributed by atoms with Gasteiger partial charge in [0.1, 0.15) is 5.60 Å². The van der Waals surface area contributed by atoms with Crippen molar-refractivity contribution in [1.29, 1.82) is 0 Å². The van der Waals surface area contributed by atoms with Crippen molar-refractivity contribution in [3.63, 3.8) is 0 Å². The van der Waals surface area contributed by atoms with E-state index in [2.05, 4.69) is 35.5 Å². The van der Waals surface area contributed by atoms with Gasteiger partial charge in [-0.2, -0.15) is 10.2 Å². The fourth-order valence-electron chi connectivity index (χ4n) is 3.26. The van der Waals surface area contributed by atoms with Gasteiger partial charge in [0.2, 0.25) is 0 Å². The molecule has 1 N–H and O–H groups in total. The summed E-state index contributed by atoms with van der Waals surface area (Å²) >= 11 is 0. The quantitative estimate of drug-likeness (QED) is 0.761. The van der Waals surface area contributed by atoms with Gasteiger partial charge in [-0.05, 0) is 45.0 Å². The van der Waals surface area contributed by atoms with Crippen molar-refractivity contribution in [3.8, 4) is 0 Å². The van der Waals surface area contributed by atoms with Crippen LogP contribution in [0.5, 0.6) is 0 Å². The number of nitrogens with zero attached hydrogens (tertiary/aromatic N) is 7. The molecule has 1 amide bonds. The van der Waals surface area contributed by atoms with Crippen molar-refractivity contribution in [2.45, 2.75) is 26.4 Å². The third-order valence-electron chi connectivity index (χ3n) is 4.81. The van der Waals surface area contributed by atoms with Crippen LogP contribution in [-0.4, -0.2) is 89.3 Å².